The summed E-state index contributed by atoms with van der Waals surface area (Å²) in [5.41, 5.74) is 0.236. The SMILES string of the molecule is COc1ccc(C(=O)Oc2cccc(/C=C(\C#N)C(=O)Nc3cc([N+](=O)[O-])ccc3OC)c2)cc1. The summed E-state index contributed by atoms with van der Waals surface area (Å²) in [5, 5.41) is 23.0. The van der Waals surface area contributed by atoms with E-state index < -0.39 is 16.8 Å². The van der Waals surface area contributed by atoms with E-state index in [0.717, 1.165) is 6.07 Å². The van der Waals surface area contributed by atoms with Gasteiger partial charge in [0.1, 0.15) is 28.9 Å². The fourth-order valence-electron chi connectivity index (χ4n) is 2.97. The number of non-ortho nitro benzene ring substituents is 1. The zero-order valence-electron chi connectivity index (χ0n) is 18.7. The molecule has 0 spiro atoms. The molecule has 0 heterocycles. The molecule has 1 amide bonds. The van der Waals surface area contributed by atoms with Crippen molar-refractivity contribution in [3.63, 3.8) is 0 Å². The molecule has 10 nitrogen and oxygen atoms in total. The molecule has 0 atom stereocenters. The standard InChI is InChI=1S/C25H19N3O7/c1-33-20-9-6-17(7-10-20)25(30)35-21-5-3-4-16(13-21)12-18(15-26)24(29)27-22-14-19(28(31)32)8-11-23(22)34-2/h3-14H,1-2H3,(H,27,29)/b18-12+. The van der Waals surface area contributed by atoms with Crippen LogP contribution in [-0.2, 0) is 4.79 Å². The number of amides is 1. The first-order chi connectivity index (χ1) is 16.8. The Balaban J connectivity index is 1.79. The number of nitriles is 1. The van der Waals surface area contributed by atoms with Gasteiger partial charge in [0.2, 0.25) is 0 Å². The number of benzene rings is 3. The van der Waals surface area contributed by atoms with Crippen molar-refractivity contribution in [2.24, 2.45) is 0 Å². The number of methoxy groups -OCH3 is 2. The van der Waals surface area contributed by atoms with Crippen LogP contribution in [0.15, 0.2) is 72.3 Å². The zero-order chi connectivity index (χ0) is 25.4. The number of nitrogens with zero attached hydrogens (tertiary/aromatic N) is 2. The molecular weight excluding hydrogens is 454 g/mol. The minimum Gasteiger partial charge on any atom is -0.497 e. The summed E-state index contributed by atoms with van der Waals surface area (Å²) >= 11 is 0. The minimum atomic E-state index is -0.799. The largest absolute Gasteiger partial charge is 0.497 e. The number of rotatable bonds is 8. The third kappa shape index (κ3) is 6.21. The number of hydrogen-bond acceptors (Lipinski definition) is 8. The van der Waals surface area contributed by atoms with Crippen molar-refractivity contribution in [3.05, 3.63) is 93.5 Å². The molecule has 0 saturated carbocycles. The van der Waals surface area contributed by atoms with Gasteiger partial charge in [-0.2, -0.15) is 5.26 Å². The summed E-state index contributed by atoms with van der Waals surface area (Å²) < 4.78 is 15.6. The predicted molar refractivity (Wildman–Crippen MR) is 126 cm³/mol. The maximum absolute atomic E-state index is 12.7. The Bertz CT molecular complexity index is 1340. The van der Waals surface area contributed by atoms with Gasteiger partial charge in [-0.25, -0.2) is 4.79 Å². The molecule has 3 aromatic rings. The first kappa shape index (κ1) is 24.5. The van der Waals surface area contributed by atoms with E-state index in [1.807, 2.05) is 0 Å². The molecule has 3 aromatic carbocycles. The quantitative estimate of drug-likeness (QED) is 0.127. The monoisotopic (exact) mass is 473 g/mol. The number of anilines is 1. The van der Waals surface area contributed by atoms with Crippen molar-refractivity contribution < 1.29 is 28.7 Å². The molecule has 176 valence electrons. The molecule has 0 aromatic heterocycles. The van der Waals surface area contributed by atoms with E-state index in [1.165, 1.54) is 38.5 Å². The van der Waals surface area contributed by atoms with Crippen molar-refractivity contribution in [1.82, 2.24) is 0 Å². The summed E-state index contributed by atoms with van der Waals surface area (Å²) in [6.07, 6.45) is 1.30. The fourth-order valence-corrected chi connectivity index (χ4v) is 2.97. The highest BCUT2D eigenvalue weighted by molar-refractivity contribution is 6.10. The van der Waals surface area contributed by atoms with Crippen molar-refractivity contribution in [3.8, 4) is 23.3 Å². The fraction of sp³-hybridized carbons (Fsp3) is 0.0800. The lowest BCUT2D eigenvalue weighted by molar-refractivity contribution is -0.384. The van der Waals surface area contributed by atoms with Gasteiger partial charge in [-0.1, -0.05) is 12.1 Å². The molecule has 1 N–H and O–H groups in total. The molecule has 10 heteroatoms. The molecule has 0 unspecified atom stereocenters. The van der Waals surface area contributed by atoms with E-state index in [4.69, 9.17) is 14.2 Å². The number of hydrogen-bond donors (Lipinski definition) is 1. The van der Waals surface area contributed by atoms with Crippen molar-refractivity contribution in [2.75, 3.05) is 19.5 Å². The highest BCUT2D eigenvalue weighted by Crippen LogP contribution is 2.29. The lowest BCUT2D eigenvalue weighted by Gasteiger charge is -2.10. The Morgan fingerprint density at radius 2 is 1.74 bits per heavy atom. The van der Waals surface area contributed by atoms with Gasteiger partial charge >= 0.3 is 5.97 Å². The van der Waals surface area contributed by atoms with Crippen LogP contribution in [0.4, 0.5) is 11.4 Å². The average molecular weight is 473 g/mol. The molecule has 0 aliphatic heterocycles. The Labute approximate surface area is 200 Å². The Morgan fingerprint density at radius 1 is 1.00 bits per heavy atom. The van der Waals surface area contributed by atoms with Gasteiger partial charge in [0.15, 0.2) is 0 Å². The second-order valence-corrected chi connectivity index (χ2v) is 6.96. The smallest absolute Gasteiger partial charge is 0.343 e. The van der Waals surface area contributed by atoms with Crippen LogP contribution in [-0.4, -0.2) is 31.0 Å². The highest BCUT2D eigenvalue weighted by Gasteiger charge is 2.16. The molecule has 0 saturated heterocycles. The third-order valence-electron chi connectivity index (χ3n) is 4.71. The number of esters is 1. The number of ether oxygens (including phenoxy) is 3. The summed E-state index contributed by atoms with van der Waals surface area (Å²) in [4.78, 5) is 35.5. The van der Waals surface area contributed by atoms with E-state index in [-0.39, 0.29) is 28.4 Å². The Hall–Kier alpha value is -5.17. The maximum atomic E-state index is 12.7. The van der Waals surface area contributed by atoms with Gasteiger partial charge in [-0.15, -0.1) is 0 Å². The molecule has 0 fully saturated rings. The van der Waals surface area contributed by atoms with E-state index in [2.05, 4.69) is 5.32 Å². The second-order valence-electron chi connectivity index (χ2n) is 6.96. The molecule has 35 heavy (non-hydrogen) atoms. The normalized spacial score (nSPS) is 10.6. The first-order valence-electron chi connectivity index (χ1n) is 10.1. The zero-order valence-corrected chi connectivity index (χ0v) is 18.7. The van der Waals surface area contributed by atoms with Gasteiger partial charge in [0.25, 0.3) is 11.6 Å². The van der Waals surface area contributed by atoms with Crippen LogP contribution in [0.5, 0.6) is 17.2 Å². The van der Waals surface area contributed by atoms with Crippen molar-refractivity contribution in [1.29, 1.82) is 5.26 Å². The molecule has 3 rings (SSSR count). The van der Waals surface area contributed by atoms with Gasteiger partial charge in [-0.05, 0) is 54.1 Å². The van der Waals surface area contributed by atoms with Crippen LogP contribution in [0.25, 0.3) is 6.08 Å². The number of nitro groups is 1. The minimum absolute atomic E-state index is 0.0371. The molecule has 0 bridgehead atoms. The van der Waals surface area contributed by atoms with E-state index in [0.29, 0.717) is 16.9 Å². The maximum Gasteiger partial charge on any atom is 0.343 e. The van der Waals surface area contributed by atoms with Crippen LogP contribution < -0.4 is 19.5 Å². The van der Waals surface area contributed by atoms with Gasteiger partial charge in [-0.3, -0.25) is 14.9 Å². The number of nitro benzene ring substituents is 1. The van der Waals surface area contributed by atoms with E-state index in [9.17, 15) is 25.0 Å². The second kappa shape index (κ2) is 11.1. The molecule has 0 aliphatic carbocycles. The summed E-state index contributed by atoms with van der Waals surface area (Å²) in [6.45, 7) is 0. The number of carbonyl (C=O) groups is 2. The van der Waals surface area contributed by atoms with E-state index >= 15 is 0 Å². The molecular formula is C25H19N3O7. The summed E-state index contributed by atoms with van der Waals surface area (Å²) in [7, 11) is 2.86. The molecule has 0 radical (unpaired) electrons. The number of carbonyl (C=O) groups excluding carboxylic acids is 2. The average Bonchev–Trinajstić information content (AvgIpc) is 2.87. The third-order valence-corrected chi connectivity index (χ3v) is 4.71. The van der Waals surface area contributed by atoms with Gasteiger partial charge in [0.05, 0.1) is 30.4 Å². The summed E-state index contributed by atoms with van der Waals surface area (Å²) in [5.74, 6) is -0.401. The van der Waals surface area contributed by atoms with Crippen LogP contribution >= 0.6 is 0 Å². The van der Waals surface area contributed by atoms with Crippen LogP contribution in [0, 0.1) is 21.4 Å². The van der Waals surface area contributed by atoms with Crippen molar-refractivity contribution >= 4 is 29.3 Å². The highest BCUT2D eigenvalue weighted by atomic mass is 16.6. The van der Waals surface area contributed by atoms with Crippen LogP contribution in [0.2, 0.25) is 0 Å². The lowest BCUT2D eigenvalue weighted by Crippen LogP contribution is -2.14. The number of nitrogens with one attached hydrogen (secondary N) is 1. The predicted octanol–water partition coefficient (Wildman–Crippen LogP) is 4.38. The molecule has 0 aliphatic rings. The van der Waals surface area contributed by atoms with Crippen LogP contribution in [0.3, 0.4) is 0 Å². The van der Waals surface area contributed by atoms with Gasteiger partial charge < -0.3 is 19.5 Å². The van der Waals surface area contributed by atoms with E-state index in [1.54, 1.807) is 48.5 Å². The topological polar surface area (TPSA) is 141 Å². The summed E-state index contributed by atoms with van der Waals surface area (Å²) in [6, 6.07) is 18.1. The lowest BCUT2D eigenvalue weighted by atomic mass is 10.1. The Morgan fingerprint density at radius 3 is 2.37 bits per heavy atom. The van der Waals surface area contributed by atoms with Crippen molar-refractivity contribution in [2.45, 2.75) is 0 Å². The van der Waals surface area contributed by atoms with Crippen LogP contribution in [0.1, 0.15) is 15.9 Å². The van der Waals surface area contributed by atoms with Gasteiger partial charge in [0, 0.05) is 12.1 Å². The Kier molecular flexibility index (Phi) is 7.77. The first-order valence-corrected chi connectivity index (χ1v) is 10.1.